The predicted molar refractivity (Wildman–Crippen MR) is 82.2 cm³/mol. The number of imide groups is 1. The molecule has 1 saturated heterocycles. The molecule has 2 amide bonds. The molecule has 0 aromatic heterocycles. The standard InChI is InChI=1S/C17H20FNO4/c1-3-14(18)15(20)11(2)16(21)19-13(10-23-17(19)22)9-12-7-5-4-6-8-12/h3-8,11,13,15,20H,9-10H2,1-2H3/b14-3+/t11-,13+,15-/m1/s1. The third kappa shape index (κ3) is 3.76. The van der Waals surface area contributed by atoms with Crippen LogP contribution >= 0.6 is 0 Å². The molecule has 1 aliphatic rings. The first-order valence-corrected chi connectivity index (χ1v) is 7.49. The zero-order valence-electron chi connectivity index (χ0n) is 13.1. The second kappa shape index (κ2) is 7.37. The number of benzene rings is 1. The van der Waals surface area contributed by atoms with E-state index in [1.165, 1.54) is 13.8 Å². The molecule has 0 unspecified atom stereocenters. The Kier molecular flexibility index (Phi) is 5.50. The second-order valence-electron chi connectivity index (χ2n) is 5.54. The average molecular weight is 321 g/mol. The Balaban J connectivity index is 2.14. The normalized spacial score (nSPS) is 21.0. The smallest absolute Gasteiger partial charge is 0.416 e. The summed E-state index contributed by atoms with van der Waals surface area (Å²) in [5.74, 6) is -2.51. The Bertz CT molecular complexity index is 602. The van der Waals surface area contributed by atoms with E-state index >= 15 is 0 Å². The first-order valence-electron chi connectivity index (χ1n) is 7.49. The van der Waals surface area contributed by atoms with Gasteiger partial charge in [-0.3, -0.25) is 4.79 Å². The van der Waals surface area contributed by atoms with Crippen molar-refractivity contribution in [1.29, 1.82) is 0 Å². The molecule has 23 heavy (non-hydrogen) atoms. The van der Waals surface area contributed by atoms with Crippen molar-refractivity contribution in [3.05, 3.63) is 47.8 Å². The van der Waals surface area contributed by atoms with Crippen LogP contribution in [0.5, 0.6) is 0 Å². The molecule has 3 atom stereocenters. The monoisotopic (exact) mass is 321 g/mol. The van der Waals surface area contributed by atoms with E-state index < -0.39 is 35.9 Å². The van der Waals surface area contributed by atoms with E-state index in [2.05, 4.69) is 0 Å². The number of hydrogen-bond acceptors (Lipinski definition) is 4. The van der Waals surface area contributed by atoms with Crippen LogP contribution in [0.2, 0.25) is 0 Å². The Labute approximate surface area is 134 Å². The summed E-state index contributed by atoms with van der Waals surface area (Å²) in [6.45, 7) is 2.91. The van der Waals surface area contributed by atoms with Gasteiger partial charge in [0, 0.05) is 0 Å². The Hall–Kier alpha value is -2.21. The first kappa shape index (κ1) is 17.1. The molecule has 0 aliphatic carbocycles. The van der Waals surface area contributed by atoms with Crippen molar-refractivity contribution in [2.75, 3.05) is 6.61 Å². The highest BCUT2D eigenvalue weighted by molar-refractivity contribution is 5.95. The van der Waals surface area contributed by atoms with E-state index in [9.17, 15) is 19.1 Å². The fraction of sp³-hybridized carbons (Fsp3) is 0.412. The summed E-state index contributed by atoms with van der Waals surface area (Å²) >= 11 is 0. The summed E-state index contributed by atoms with van der Waals surface area (Å²) in [4.78, 5) is 25.4. The molecule has 0 bridgehead atoms. The second-order valence-corrected chi connectivity index (χ2v) is 5.54. The number of hydrogen-bond donors (Lipinski definition) is 1. The molecule has 5 nitrogen and oxygen atoms in total. The maximum Gasteiger partial charge on any atom is 0.416 e. The van der Waals surface area contributed by atoms with E-state index in [1.54, 1.807) is 0 Å². The van der Waals surface area contributed by atoms with Gasteiger partial charge < -0.3 is 9.84 Å². The van der Waals surface area contributed by atoms with Gasteiger partial charge in [0.25, 0.3) is 0 Å². The van der Waals surface area contributed by atoms with Crippen molar-refractivity contribution in [2.45, 2.75) is 32.4 Å². The molecule has 1 N–H and O–H groups in total. The molecule has 1 aliphatic heterocycles. The van der Waals surface area contributed by atoms with E-state index in [4.69, 9.17) is 4.74 Å². The van der Waals surface area contributed by atoms with Gasteiger partial charge in [-0.2, -0.15) is 0 Å². The quantitative estimate of drug-likeness (QED) is 0.904. The number of carbonyl (C=O) groups is 2. The number of amides is 2. The molecule has 1 aromatic rings. The number of ether oxygens (including phenoxy) is 1. The van der Waals surface area contributed by atoms with Gasteiger partial charge in [0.05, 0.1) is 12.0 Å². The summed E-state index contributed by atoms with van der Waals surface area (Å²) in [5, 5.41) is 9.84. The lowest BCUT2D eigenvalue weighted by Gasteiger charge is -2.25. The number of cyclic esters (lactones) is 1. The maximum atomic E-state index is 13.5. The summed E-state index contributed by atoms with van der Waals surface area (Å²) in [7, 11) is 0. The van der Waals surface area contributed by atoms with Crippen LogP contribution in [0.25, 0.3) is 0 Å². The zero-order valence-corrected chi connectivity index (χ0v) is 13.1. The van der Waals surface area contributed by atoms with Gasteiger partial charge >= 0.3 is 6.09 Å². The highest BCUT2D eigenvalue weighted by Crippen LogP contribution is 2.23. The Morgan fingerprint density at radius 1 is 1.48 bits per heavy atom. The molecule has 0 radical (unpaired) electrons. The highest BCUT2D eigenvalue weighted by Gasteiger charge is 2.41. The van der Waals surface area contributed by atoms with E-state index in [0.29, 0.717) is 6.42 Å². The van der Waals surface area contributed by atoms with Crippen LogP contribution in [0.15, 0.2) is 42.2 Å². The van der Waals surface area contributed by atoms with Crippen LogP contribution in [0.1, 0.15) is 19.4 Å². The predicted octanol–water partition coefficient (Wildman–Crippen LogP) is 2.45. The molecular formula is C17H20FNO4. The SMILES string of the molecule is C/C=C(/F)[C@H](O)[C@@H](C)C(=O)N1C(=O)OC[C@@H]1Cc1ccccc1. The number of aliphatic hydroxyl groups is 1. The molecule has 0 saturated carbocycles. The fourth-order valence-corrected chi connectivity index (χ4v) is 2.53. The van der Waals surface area contributed by atoms with Crippen molar-refractivity contribution < 1.29 is 23.8 Å². The van der Waals surface area contributed by atoms with Crippen LogP contribution in [0.3, 0.4) is 0 Å². The summed E-state index contributed by atoms with van der Waals surface area (Å²) in [6, 6.07) is 8.94. The number of halogens is 1. The minimum atomic E-state index is -1.57. The van der Waals surface area contributed by atoms with Crippen LogP contribution in [-0.2, 0) is 16.0 Å². The number of carbonyl (C=O) groups excluding carboxylic acids is 2. The van der Waals surface area contributed by atoms with E-state index in [-0.39, 0.29) is 6.61 Å². The third-order valence-corrected chi connectivity index (χ3v) is 3.93. The van der Waals surface area contributed by atoms with E-state index in [1.807, 2.05) is 30.3 Å². The van der Waals surface area contributed by atoms with E-state index in [0.717, 1.165) is 16.5 Å². The van der Waals surface area contributed by atoms with Gasteiger partial charge in [-0.15, -0.1) is 0 Å². The molecular weight excluding hydrogens is 301 g/mol. The van der Waals surface area contributed by atoms with Gasteiger partial charge in [0.15, 0.2) is 0 Å². The van der Waals surface area contributed by atoms with Gasteiger partial charge in [-0.05, 0) is 18.9 Å². The first-order chi connectivity index (χ1) is 11.0. The van der Waals surface area contributed by atoms with Gasteiger partial charge in [0.1, 0.15) is 18.5 Å². The summed E-state index contributed by atoms with van der Waals surface area (Å²) < 4.78 is 18.5. The summed E-state index contributed by atoms with van der Waals surface area (Å²) in [6.07, 6.45) is -0.778. The number of aliphatic hydroxyl groups excluding tert-OH is 1. The Morgan fingerprint density at radius 3 is 2.74 bits per heavy atom. The Morgan fingerprint density at radius 2 is 2.13 bits per heavy atom. The van der Waals surface area contributed by atoms with Crippen LogP contribution in [0, 0.1) is 5.92 Å². The lowest BCUT2D eigenvalue weighted by Crippen LogP contribution is -2.45. The summed E-state index contributed by atoms with van der Waals surface area (Å²) in [5.41, 5.74) is 0.960. The molecule has 1 fully saturated rings. The number of rotatable bonds is 5. The van der Waals surface area contributed by atoms with Crippen LogP contribution in [-0.4, -0.2) is 40.8 Å². The van der Waals surface area contributed by atoms with Crippen LogP contribution in [0.4, 0.5) is 9.18 Å². The van der Waals surface area contributed by atoms with Gasteiger partial charge in [-0.1, -0.05) is 43.3 Å². The topological polar surface area (TPSA) is 66.8 Å². The minimum Gasteiger partial charge on any atom is -0.447 e. The van der Waals surface area contributed by atoms with Crippen molar-refractivity contribution in [2.24, 2.45) is 5.92 Å². The molecule has 6 heteroatoms. The highest BCUT2D eigenvalue weighted by atomic mass is 19.1. The molecule has 1 aromatic carbocycles. The molecule has 1 heterocycles. The fourth-order valence-electron chi connectivity index (χ4n) is 2.53. The van der Waals surface area contributed by atoms with Gasteiger partial charge in [0.2, 0.25) is 5.91 Å². The number of allylic oxidation sites excluding steroid dienone is 1. The van der Waals surface area contributed by atoms with Crippen molar-refractivity contribution in [3.8, 4) is 0 Å². The third-order valence-electron chi connectivity index (χ3n) is 3.93. The number of nitrogens with zero attached hydrogens (tertiary/aromatic N) is 1. The molecule has 0 spiro atoms. The largest absolute Gasteiger partial charge is 0.447 e. The lowest BCUT2D eigenvalue weighted by molar-refractivity contribution is -0.135. The lowest BCUT2D eigenvalue weighted by atomic mass is 9.99. The zero-order chi connectivity index (χ0) is 17.0. The minimum absolute atomic E-state index is 0.0916. The maximum absolute atomic E-state index is 13.5. The average Bonchev–Trinajstić information content (AvgIpc) is 2.93. The molecule has 124 valence electrons. The molecule has 2 rings (SSSR count). The van der Waals surface area contributed by atoms with Crippen molar-refractivity contribution in [3.63, 3.8) is 0 Å². The van der Waals surface area contributed by atoms with Gasteiger partial charge in [-0.25, -0.2) is 14.1 Å². The van der Waals surface area contributed by atoms with Crippen LogP contribution < -0.4 is 0 Å². The van der Waals surface area contributed by atoms with Crippen molar-refractivity contribution in [1.82, 2.24) is 4.90 Å². The van der Waals surface area contributed by atoms with Crippen molar-refractivity contribution >= 4 is 12.0 Å².